The Hall–Kier alpha value is -0.0400. The highest BCUT2D eigenvalue weighted by atomic mass is 127. The van der Waals surface area contributed by atoms with Gasteiger partial charge in [0.25, 0.3) is 0 Å². The fourth-order valence-electron chi connectivity index (χ4n) is 2.35. The van der Waals surface area contributed by atoms with Gasteiger partial charge < -0.3 is 15.5 Å². The van der Waals surface area contributed by atoms with Gasteiger partial charge in [-0.15, -0.1) is 24.0 Å². The molecule has 0 amide bonds. The van der Waals surface area contributed by atoms with Gasteiger partial charge in [0, 0.05) is 38.3 Å². The van der Waals surface area contributed by atoms with Gasteiger partial charge in [-0.25, -0.2) is 0 Å². The summed E-state index contributed by atoms with van der Waals surface area (Å²) in [6, 6.07) is 1.24. The van der Waals surface area contributed by atoms with E-state index in [9.17, 15) is 0 Å². The molecular weight excluding hydrogens is 363 g/mol. The molecule has 20 heavy (non-hydrogen) atoms. The fraction of sp³-hybridized carbons (Fsp3) is 0.933. The van der Waals surface area contributed by atoms with Crippen molar-refractivity contribution in [3.63, 3.8) is 0 Å². The Bertz CT molecular complexity index is 271. The van der Waals surface area contributed by atoms with Gasteiger partial charge in [0.2, 0.25) is 0 Å². The first kappa shape index (κ1) is 20.0. The van der Waals surface area contributed by atoms with Crippen molar-refractivity contribution < 1.29 is 0 Å². The third kappa shape index (κ3) is 7.67. The summed E-state index contributed by atoms with van der Waals surface area (Å²) < 4.78 is 0. The Morgan fingerprint density at radius 2 is 1.80 bits per heavy atom. The van der Waals surface area contributed by atoms with Crippen molar-refractivity contribution in [1.29, 1.82) is 0 Å². The average Bonchev–Trinajstić information content (AvgIpc) is 2.37. The zero-order valence-corrected chi connectivity index (χ0v) is 16.1. The lowest BCUT2D eigenvalue weighted by Crippen LogP contribution is -2.49. The van der Waals surface area contributed by atoms with E-state index in [4.69, 9.17) is 0 Å². The molecule has 1 saturated heterocycles. The summed E-state index contributed by atoms with van der Waals surface area (Å²) in [6.07, 6.45) is 2.43. The Balaban J connectivity index is 0.00000361. The highest BCUT2D eigenvalue weighted by Crippen LogP contribution is 2.12. The second kappa shape index (κ2) is 10.7. The summed E-state index contributed by atoms with van der Waals surface area (Å²) in [5, 5.41) is 6.93. The lowest BCUT2D eigenvalue weighted by atomic mass is 10.0. The Labute approximate surface area is 142 Å². The van der Waals surface area contributed by atoms with Crippen LogP contribution in [0.15, 0.2) is 4.99 Å². The van der Waals surface area contributed by atoms with Crippen molar-refractivity contribution in [3.8, 4) is 0 Å². The quantitative estimate of drug-likeness (QED) is 0.427. The topological polar surface area (TPSA) is 39.7 Å². The molecule has 0 unspecified atom stereocenters. The van der Waals surface area contributed by atoms with Crippen LogP contribution in [0.25, 0.3) is 0 Å². The van der Waals surface area contributed by atoms with Crippen LogP contribution in [0.2, 0.25) is 0 Å². The summed E-state index contributed by atoms with van der Waals surface area (Å²) in [5.41, 5.74) is 0. The van der Waals surface area contributed by atoms with E-state index in [1.54, 1.807) is 0 Å². The smallest absolute Gasteiger partial charge is 0.191 e. The second-order valence-electron chi connectivity index (χ2n) is 6.16. The summed E-state index contributed by atoms with van der Waals surface area (Å²) in [6.45, 7) is 15.3. The normalized spacial score (nSPS) is 18.2. The van der Waals surface area contributed by atoms with Gasteiger partial charge in [0.05, 0.1) is 0 Å². The number of nitrogens with zero attached hydrogens (tertiary/aromatic N) is 2. The molecule has 0 spiro atoms. The molecule has 0 aromatic carbocycles. The minimum absolute atomic E-state index is 0. The highest BCUT2D eigenvalue weighted by molar-refractivity contribution is 14.0. The van der Waals surface area contributed by atoms with E-state index in [2.05, 4.69) is 55.1 Å². The summed E-state index contributed by atoms with van der Waals surface area (Å²) in [4.78, 5) is 7.19. The Kier molecular flexibility index (Phi) is 10.6. The van der Waals surface area contributed by atoms with Crippen LogP contribution < -0.4 is 10.6 Å². The lowest BCUT2D eigenvalue weighted by molar-refractivity contribution is 0.167. The van der Waals surface area contributed by atoms with E-state index < -0.39 is 0 Å². The molecule has 0 aromatic heterocycles. The highest BCUT2D eigenvalue weighted by Gasteiger charge is 2.21. The van der Waals surface area contributed by atoms with Crippen molar-refractivity contribution in [2.24, 2.45) is 10.9 Å². The molecule has 1 aliphatic heterocycles. The molecule has 4 nitrogen and oxygen atoms in total. The first-order chi connectivity index (χ1) is 9.02. The molecule has 1 fully saturated rings. The van der Waals surface area contributed by atoms with Gasteiger partial charge in [-0.1, -0.05) is 13.8 Å². The molecule has 0 aromatic rings. The number of nitrogens with one attached hydrogen (secondary N) is 2. The minimum Gasteiger partial charge on any atom is -0.357 e. The van der Waals surface area contributed by atoms with Gasteiger partial charge in [-0.2, -0.15) is 0 Å². The fourth-order valence-corrected chi connectivity index (χ4v) is 2.35. The summed E-state index contributed by atoms with van der Waals surface area (Å²) in [7, 11) is 0. The number of halogens is 1. The molecule has 1 rings (SSSR count). The van der Waals surface area contributed by atoms with Gasteiger partial charge >= 0.3 is 0 Å². The van der Waals surface area contributed by atoms with E-state index >= 15 is 0 Å². The molecule has 0 bridgehead atoms. The first-order valence-electron chi connectivity index (χ1n) is 7.81. The number of rotatable bonds is 5. The molecule has 1 heterocycles. The van der Waals surface area contributed by atoms with Crippen molar-refractivity contribution >= 4 is 29.9 Å². The van der Waals surface area contributed by atoms with Crippen molar-refractivity contribution in [1.82, 2.24) is 15.5 Å². The summed E-state index contributed by atoms with van der Waals surface area (Å²) >= 11 is 0. The van der Waals surface area contributed by atoms with Crippen molar-refractivity contribution in [2.45, 2.75) is 59.5 Å². The standard InChI is InChI=1S/C15H32N4.HI/c1-6-16-15(17-11-12(2)3)18-14-7-9-19(10-8-14)13(4)5;/h12-14H,6-11H2,1-5H3,(H2,16,17,18);1H. The largest absolute Gasteiger partial charge is 0.357 e. The third-order valence-electron chi connectivity index (χ3n) is 3.56. The van der Waals surface area contributed by atoms with Crippen molar-refractivity contribution in [2.75, 3.05) is 26.2 Å². The molecule has 5 heteroatoms. The number of likely N-dealkylation sites (tertiary alicyclic amines) is 1. The molecule has 0 atom stereocenters. The van der Waals surface area contributed by atoms with Gasteiger partial charge in [0.15, 0.2) is 5.96 Å². The van der Waals surface area contributed by atoms with Gasteiger partial charge in [-0.05, 0) is 39.5 Å². The van der Waals surface area contributed by atoms with E-state index in [0.29, 0.717) is 18.0 Å². The van der Waals surface area contributed by atoms with Gasteiger partial charge in [-0.3, -0.25) is 4.99 Å². The number of aliphatic imine (C=N–C) groups is 1. The minimum atomic E-state index is 0. The average molecular weight is 396 g/mol. The SMILES string of the molecule is CCNC(=NCC(C)C)NC1CCN(C(C)C)CC1.I. The van der Waals surface area contributed by atoms with Crippen LogP contribution in [0, 0.1) is 5.92 Å². The van der Waals surface area contributed by atoms with E-state index in [-0.39, 0.29) is 24.0 Å². The number of piperidine rings is 1. The molecule has 0 saturated carbocycles. The van der Waals surface area contributed by atoms with E-state index in [0.717, 1.165) is 19.0 Å². The van der Waals surface area contributed by atoms with Gasteiger partial charge in [0.1, 0.15) is 0 Å². The van der Waals surface area contributed by atoms with E-state index in [1.165, 1.54) is 25.9 Å². The third-order valence-corrected chi connectivity index (χ3v) is 3.56. The van der Waals surface area contributed by atoms with Crippen LogP contribution in [0.5, 0.6) is 0 Å². The van der Waals surface area contributed by atoms with Crippen LogP contribution in [0.4, 0.5) is 0 Å². The molecule has 0 aliphatic carbocycles. The van der Waals surface area contributed by atoms with Crippen molar-refractivity contribution in [3.05, 3.63) is 0 Å². The molecule has 1 aliphatic rings. The number of guanidine groups is 1. The first-order valence-corrected chi connectivity index (χ1v) is 7.81. The number of hydrogen-bond donors (Lipinski definition) is 2. The van der Waals surface area contributed by atoms with Crippen LogP contribution >= 0.6 is 24.0 Å². The zero-order valence-electron chi connectivity index (χ0n) is 13.8. The van der Waals surface area contributed by atoms with Crippen LogP contribution in [-0.4, -0.2) is 49.1 Å². The molecule has 120 valence electrons. The zero-order chi connectivity index (χ0) is 14.3. The molecule has 2 N–H and O–H groups in total. The van der Waals surface area contributed by atoms with Crippen LogP contribution in [0.3, 0.4) is 0 Å². The lowest BCUT2D eigenvalue weighted by Gasteiger charge is -2.35. The summed E-state index contributed by atoms with van der Waals surface area (Å²) in [5.74, 6) is 1.59. The maximum atomic E-state index is 4.64. The van der Waals surface area contributed by atoms with Crippen LogP contribution in [-0.2, 0) is 0 Å². The molecular formula is C15H33IN4. The molecule has 0 radical (unpaired) electrons. The Morgan fingerprint density at radius 1 is 1.20 bits per heavy atom. The second-order valence-corrected chi connectivity index (χ2v) is 6.16. The predicted molar refractivity (Wildman–Crippen MR) is 99.1 cm³/mol. The van der Waals surface area contributed by atoms with E-state index in [1.807, 2.05) is 0 Å². The number of hydrogen-bond acceptors (Lipinski definition) is 2. The maximum absolute atomic E-state index is 4.64. The predicted octanol–water partition coefficient (Wildman–Crippen LogP) is 2.69. The monoisotopic (exact) mass is 396 g/mol. The maximum Gasteiger partial charge on any atom is 0.191 e. The van der Waals surface area contributed by atoms with Crippen LogP contribution in [0.1, 0.15) is 47.5 Å². The Morgan fingerprint density at radius 3 is 2.25 bits per heavy atom.